The molecule has 1 aliphatic heterocycles. The Morgan fingerprint density at radius 1 is 1.48 bits per heavy atom. The Labute approximate surface area is 161 Å². The molecule has 1 aromatic carbocycles. The number of amides is 2. The molecular weight excluding hydrogens is 342 g/mol. The van der Waals surface area contributed by atoms with Crippen molar-refractivity contribution < 1.29 is 9.53 Å². The molecule has 3 rings (SSSR count). The average Bonchev–Trinajstić information content (AvgIpc) is 3.25. The summed E-state index contributed by atoms with van der Waals surface area (Å²) in [6.45, 7) is 7.29. The Bertz CT molecular complexity index is 760. The number of carbonyl (C=O) groups excluding carboxylic acids is 1. The summed E-state index contributed by atoms with van der Waals surface area (Å²) in [5, 5.41) is 3.07. The number of hydrogen-bond acceptors (Lipinski definition) is 4. The summed E-state index contributed by atoms with van der Waals surface area (Å²) in [6, 6.07) is 6.07. The Balaban J connectivity index is 1.42. The van der Waals surface area contributed by atoms with Gasteiger partial charge >= 0.3 is 6.03 Å². The van der Waals surface area contributed by atoms with Gasteiger partial charge in [-0.05, 0) is 49.9 Å². The van der Waals surface area contributed by atoms with Gasteiger partial charge in [0.1, 0.15) is 5.82 Å². The molecule has 0 radical (unpaired) electrons. The highest BCUT2D eigenvalue weighted by Gasteiger charge is 2.23. The number of aryl methyl sites for hydroxylation is 1. The number of imidazole rings is 1. The molecule has 7 heteroatoms. The number of H-pyrrole nitrogens is 1. The fourth-order valence-corrected chi connectivity index (χ4v) is 3.63. The van der Waals surface area contributed by atoms with Crippen molar-refractivity contribution in [2.45, 2.75) is 26.3 Å². The number of rotatable bonds is 8. The predicted octanol–water partition coefficient (Wildman–Crippen LogP) is 2.37. The lowest BCUT2D eigenvalue weighted by Crippen LogP contribution is -2.40. The number of nitrogens with one attached hydrogen (secondary N) is 2. The van der Waals surface area contributed by atoms with Gasteiger partial charge in [0.2, 0.25) is 0 Å². The summed E-state index contributed by atoms with van der Waals surface area (Å²) in [5.41, 5.74) is 3.14. The molecule has 1 aromatic heterocycles. The number of urea groups is 1. The smallest absolute Gasteiger partial charge is 0.317 e. The second-order valence-electron chi connectivity index (χ2n) is 7.55. The van der Waals surface area contributed by atoms with Crippen LogP contribution in [0, 0.1) is 12.8 Å². The van der Waals surface area contributed by atoms with Crippen LogP contribution in [0.1, 0.15) is 24.2 Å². The molecule has 0 saturated carbocycles. The lowest BCUT2D eigenvalue weighted by Gasteiger charge is -2.19. The van der Waals surface area contributed by atoms with Crippen molar-refractivity contribution in [1.29, 1.82) is 0 Å². The third-order valence-electron chi connectivity index (χ3n) is 5.15. The molecule has 2 aromatic rings. The van der Waals surface area contributed by atoms with Crippen LogP contribution in [0.25, 0.3) is 11.0 Å². The van der Waals surface area contributed by atoms with Gasteiger partial charge in [-0.1, -0.05) is 6.07 Å². The first-order valence-electron chi connectivity index (χ1n) is 9.70. The molecule has 1 saturated heterocycles. The van der Waals surface area contributed by atoms with E-state index in [1.165, 1.54) is 5.56 Å². The van der Waals surface area contributed by atoms with Crippen LogP contribution in [0.15, 0.2) is 18.2 Å². The zero-order chi connectivity index (χ0) is 19.2. The van der Waals surface area contributed by atoms with Gasteiger partial charge in [-0.2, -0.15) is 0 Å². The van der Waals surface area contributed by atoms with Crippen LogP contribution in [0.5, 0.6) is 0 Å². The quantitative estimate of drug-likeness (QED) is 0.697. The summed E-state index contributed by atoms with van der Waals surface area (Å²) >= 11 is 0. The third kappa shape index (κ3) is 5.43. The number of nitrogens with zero attached hydrogens (tertiary/aromatic N) is 3. The molecule has 0 spiro atoms. The largest absolute Gasteiger partial charge is 0.385 e. The number of ether oxygens (including phenoxy) is 1. The van der Waals surface area contributed by atoms with Crippen LogP contribution in [-0.2, 0) is 11.3 Å². The van der Waals surface area contributed by atoms with E-state index >= 15 is 0 Å². The fourth-order valence-electron chi connectivity index (χ4n) is 3.63. The summed E-state index contributed by atoms with van der Waals surface area (Å²) < 4.78 is 5.11. The third-order valence-corrected chi connectivity index (χ3v) is 5.15. The molecule has 0 bridgehead atoms. The second-order valence-corrected chi connectivity index (χ2v) is 7.55. The van der Waals surface area contributed by atoms with Gasteiger partial charge in [0.25, 0.3) is 0 Å². The van der Waals surface area contributed by atoms with Crippen LogP contribution < -0.4 is 5.32 Å². The topological polar surface area (TPSA) is 73.5 Å². The molecule has 0 unspecified atom stereocenters. The Morgan fingerprint density at radius 3 is 3.15 bits per heavy atom. The Hall–Kier alpha value is -2.12. The number of carbonyl (C=O) groups is 1. The number of likely N-dealkylation sites (tertiary alicyclic amines) is 1. The van der Waals surface area contributed by atoms with Gasteiger partial charge < -0.3 is 24.8 Å². The van der Waals surface area contributed by atoms with Gasteiger partial charge in [-0.25, -0.2) is 9.78 Å². The van der Waals surface area contributed by atoms with E-state index < -0.39 is 0 Å². The van der Waals surface area contributed by atoms with Crippen LogP contribution >= 0.6 is 0 Å². The first-order chi connectivity index (χ1) is 13.0. The van der Waals surface area contributed by atoms with Gasteiger partial charge in [-0.3, -0.25) is 0 Å². The predicted molar refractivity (Wildman–Crippen MR) is 107 cm³/mol. The van der Waals surface area contributed by atoms with Crippen molar-refractivity contribution in [3.63, 3.8) is 0 Å². The summed E-state index contributed by atoms with van der Waals surface area (Å²) in [5.74, 6) is 1.33. The molecule has 27 heavy (non-hydrogen) atoms. The SMILES string of the molecule is COCCCN1CC[C@@H](CNC(=O)N(C)Cc2nc3ccc(C)cc3[nH]2)C1. The molecule has 1 fully saturated rings. The number of benzene rings is 1. The molecule has 2 N–H and O–H groups in total. The number of hydrogen-bond donors (Lipinski definition) is 2. The van der Waals surface area contributed by atoms with Crippen LogP contribution in [-0.4, -0.2) is 72.7 Å². The average molecular weight is 374 g/mol. The van der Waals surface area contributed by atoms with Crippen molar-refractivity contribution in [3.8, 4) is 0 Å². The first-order valence-corrected chi connectivity index (χ1v) is 9.70. The number of aromatic amines is 1. The summed E-state index contributed by atoms with van der Waals surface area (Å²) in [4.78, 5) is 24.4. The molecular formula is C20H31N5O2. The molecule has 1 aliphatic rings. The van der Waals surface area contributed by atoms with E-state index in [2.05, 4.69) is 33.2 Å². The normalized spacial score (nSPS) is 17.5. The Kier molecular flexibility index (Phi) is 6.68. The van der Waals surface area contributed by atoms with E-state index in [9.17, 15) is 4.79 Å². The van der Waals surface area contributed by atoms with Crippen LogP contribution in [0.4, 0.5) is 4.79 Å². The van der Waals surface area contributed by atoms with E-state index in [0.29, 0.717) is 12.5 Å². The van der Waals surface area contributed by atoms with Crippen LogP contribution in [0.3, 0.4) is 0 Å². The number of methoxy groups -OCH3 is 1. The standard InChI is InChI=1S/C20H31N5O2/c1-15-5-6-17-18(11-15)23-19(22-17)14-24(2)20(26)21-12-16-7-9-25(13-16)8-4-10-27-3/h5-6,11,16H,4,7-10,12-14H2,1-3H3,(H,21,26)(H,22,23)/t16-/m0/s1. The maximum atomic E-state index is 12.4. The zero-order valence-electron chi connectivity index (χ0n) is 16.6. The van der Waals surface area contributed by atoms with Gasteiger partial charge in [-0.15, -0.1) is 0 Å². The van der Waals surface area contributed by atoms with Crippen molar-refractivity contribution >= 4 is 17.1 Å². The molecule has 0 aliphatic carbocycles. The van der Waals surface area contributed by atoms with Crippen LogP contribution in [0.2, 0.25) is 0 Å². The van der Waals surface area contributed by atoms with E-state index in [4.69, 9.17) is 4.74 Å². The lowest BCUT2D eigenvalue weighted by molar-refractivity contribution is 0.178. The molecule has 7 nitrogen and oxygen atoms in total. The summed E-state index contributed by atoms with van der Waals surface area (Å²) in [6.07, 6.45) is 2.20. The van der Waals surface area contributed by atoms with Gasteiger partial charge in [0.15, 0.2) is 0 Å². The highest BCUT2D eigenvalue weighted by atomic mass is 16.5. The van der Waals surface area contributed by atoms with E-state index in [1.54, 1.807) is 19.1 Å². The van der Waals surface area contributed by atoms with E-state index in [-0.39, 0.29) is 6.03 Å². The highest BCUT2D eigenvalue weighted by Crippen LogP contribution is 2.16. The summed E-state index contributed by atoms with van der Waals surface area (Å²) in [7, 11) is 3.55. The molecule has 2 heterocycles. The fraction of sp³-hybridized carbons (Fsp3) is 0.600. The lowest BCUT2D eigenvalue weighted by atomic mass is 10.1. The monoisotopic (exact) mass is 373 g/mol. The van der Waals surface area contributed by atoms with Crippen molar-refractivity contribution in [3.05, 3.63) is 29.6 Å². The second kappa shape index (κ2) is 9.19. The maximum Gasteiger partial charge on any atom is 0.317 e. The van der Waals surface area contributed by atoms with Crippen molar-refractivity contribution in [1.82, 2.24) is 25.1 Å². The van der Waals surface area contributed by atoms with Gasteiger partial charge in [0.05, 0.1) is 17.6 Å². The zero-order valence-corrected chi connectivity index (χ0v) is 16.6. The highest BCUT2D eigenvalue weighted by molar-refractivity contribution is 5.76. The number of aromatic nitrogens is 2. The minimum absolute atomic E-state index is 0.0514. The van der Waals surface area contributed by atoms with Crippen molar-refractivity contribution in [2.75, 3.05) is 46.9 Å². The van der Waals surface area contributed by atoms with Gasteiger partial charge in [0, 0.05) is 40.4 Å². The number of fused-ring (bicyclic) bond motifs is 1. The maximum absolute atomic E-state index is 12.4. The first kappa shape index (κ1) is 19.6. The molecule has 148 valence electrons. The molecule has 2 amide bonds. The molecule has 1 atom stereocenters. The van der Waals surface area contributed by atoms with Crippen molar-refractivity contribution in [2.24, 2.45) is 5.92 Å². The van der Waals surface area contributed by atoms with E-state index in [1.807, 2.05) is 12.1 Å². The van der Waals surface area contributed by atoms with E-state index in [0.717, 1.165) is 62.5 Å². The Morgan fingerprint density at radius 2 is 2.33 bits per heavy atom. The minimum atomic E-state index is -0.0514. The minimum Gasteiger partial charge on any atom is -0.385 e.